The summed E-state index contributed by atoms with van der Waals surface area (Å²) in [6.07, 6.45) is 3.23. The molecule has 0 atom stereocenters. The van der Waals surface area contributed by atoms with Gasteiger partial charge in [0.05, 0.1) is 22.9 Å². The molecule has 0 N–H and O–H groups in total. The van der Waals surface area contributed by atoms with Gasteiger partial charge in [-0.05, 0) is 58.1 Å². The highest BCUT2D eigenvalue weighted by atomic mass is 16.7. The summed E-state index contributed by atoms with van der Waals surface area (Å²) in [5.74, 6) is 0.646. The second-order valence-corrected chi connectivity index (χ2v) is 6.82. The van der Waals surface area contributed by atoms with E-state index in [1.165, 1.54) is 0 Å². The van der Waals surface area contributed by atoms with Gasteiger partial charge in [0, 0.05) is 0 Å². The molecule has 3 rings (SSSR count). The van der Waals surface area contributed by atoms with Gasteiger partial charge in [-0.25, -0.2) is 0 Å². The zero-order valence-corrected chi connectivity index (χ0v) is 13.0. The highest BCUT2D eigenvalue weighted by molar-refractivity contribution is 6.62. The van der Waals surface area contributed by atoms with Crippen LogP contribution in [0, 0.1) is 0 Å². The van der Waals surface area contributed by atoms with Gasteiger partial charge in [0.25, 0.3) is 0 Å². The first kappa shape index (κ1) is 14.6. The Bertz CT molecular complexity index is 547. The number of carbonyl (C=O) groups is 1. The number of aldehydes is 1. The number of rotatable bonds is 4. The number of benzene rings is 1. The molecular formula is C16H21BO4. The van der Waals surface area contributed by atoms with Crippen molar-refractivity contribution >= 4 is 18.9 Å². The largest absolute Gasteiger partial charge is 0.494 e. The van der Waals surface area contributed by atoms with E-state index >= 15 is 0 Å². The van der Waals surface area contributed by atoms with Crippen molar-refractivity contribution in [1.82, 2.24) is 0 Å². The van der Waals surface area contributed by atoms with Gasteiger partial charge in [0.15, 0.2) is 6.29 Å². The van der Waals surface area contributed by atoms with E-state index in [0.29, 0.717) is 11.3 Å². The first-order valence-corrected chi connectivity index (χ1v) is 7.44. The molecule has 1 aliphatic carbocycles. The number of carbonyl (C=O) groups excluding carboxylic acids is 1. The average molecular weight is 288 g/mol. The van der Waals surface area contributed by atoms with E-state index in [2.05, 4.69) is 0 Å². The van der Waals surface area contributed by atoms with Crippen molar-refractivity contribution in [2.45, 2.75) is 57.8 Å². The van der Waals surface area contributed by atoms with Crippen LogP contribution >= 0.6 is 0 Å². The van der Waals surface area contributed by atoms with Crippen molar-refractivity contribution in [3.8, 4) is 5.75 Å². The van der Waals surface area contributed by atoms with Gasteiger partial charge in [-0.1, -0.05) is 6.07 Å². The molecule has 0 radical (unpaired) electrons. The first-order chi connectivity index (χ1) is 9.82. The second-order valence-electron chi connectivity index (χ2n) is 6.82. The summed E-state index contributed by atoms with van der Waals surface area (Å²) in [4.78, 5) is 11.3. The van der Waals surface area contributed by atoms with E-state index in [-0.39, 0.29) is 17.3 Å². The van der Waals surface area contributed by atoms with E-state index < -0.39 is 7.12 Å². The third kappa shape index (κ3) is 2.72. The molecule has 112 valence electrons. The standard InChI is InChI=1S/C16H21BO4/c1-15(2)16(3,4)21-17(20-15)12-5-8-14(11(9-12)10-18)19-13-6-7-13/h5,8-10,13H,6-7H2,1-4H3. The molecule has 0 aromatic heterocycles. The van der Waals surface area contributed by atoms with Crippen molar-refractivity contribution in [2.75, 3.05) is 0 Å². The maximum atomic E-state index is 11.3. The second kappa shape index (κ2) is 4.85. The highest BCUT2D eigenvalue weighted by Crippen LogP contribution is 2.36. The van der Waals surface area contributed by atoms with Crippen molar-refractivity contribution < 1.29 is 18.8 Å². The van der Waals surface area contributed by atoms with Gasteiger partial charge in [0.1, 0.15) is 5.75 Å². The Morgan fingerprint density at radius 1 is 1.19 bits per heavy atom. The topological polar surface area (TPSA) is 44.8 Å². The van der Waals surface area contributed by atoms with Crippen LogP contribution < -0.4 is 10.2 Å². The van der Waals surface area contributed by atoms with Crippen LogP contribution in [0.1, 0.15) is 50.9 Å². The van der Waals surface area contributed by atoms with Crippen LogP contribution in [0.5, 0.6) is 5.75 Å². The molecule has 0 unspecified atom stereocenters. The van der Waals surface area contributed by atoms with Crippen LogP contribution in [0.2, 0.25) is 0 Å². The molecule has 1 aromatic rings. The summed E-state index contributed by atoms with van der Waals surface area (Å²) in [6, 6.07) is 5.54. The molecular weight excluding hydrogens is 267 g/mol. The Morgan fingerprint density at radius 3 is 2.33 bits per heavy atom. The van der Waals surface area contributed by atoms with E-state index in [1.807, 2.05) is 39.8 Å². The zero-order chi connectivity index (χ0) is 15.3. The first-order valence-electron chi connectivity index (χ1n) is 7.44. The fourth-order valence-corrected chi connectivity index (χ4v) is 2.26. The van der Waals surface area contributed by atoms with Crippen LogP contribution in [-0.2, 0) is 9.31 Å². The summed E-state index contributed by atoms with van der Waals surface area (Å²) >= 11 is 0. The van der Waals surface area contributed by atoms with Crippen molar-refractivity contribution in [3.63, 3.8) is 0 Å². The van der Waals surface area contributed by atoms with Gasteiger partial charge in [-0.15, -0.1) is 0 Å². The Morgan fingerprint density at radius 2 is 1.81 bits per heavy atom. The molecule has 1 saturated carbocycles. The zero-order valence-electron chi connectivity index (χ0n) is 13.0. The monoisotopic (exact) mass is 288 g/mol. The summed E-state index contributed by atoms with van der Waals surface area (Å²) in [7, 11) is -0.455. The molecule has 5 heteroatoms. The average Bonchev–Trinajstić information content (AvgIpc) is 3.17. The fraction of sp³-hybridized carbons (Fsp3) is 0.562. The molecule has 4 nitrogen and oxygen atoms in total. The summed E-state index contributed by atoms with van der Waals surface area (Å²) in [5, 5.41) is 0. The van der Waals surface area contributed by atoms with Crippen molar-refractivity contribution in [2.24, 2.45) is 0 Å². The molecule has 2 fully saturated rings. The summed E-state index contributed by atoms with van der Waals surface area (Å²) in [6.45, 7) is 8.05. The molecule has 1 saturated heterocycles. The Hall–Kier alpha value is -1.33. The maximum Gasteiger partial charge on any atom is 0.494 e. The van der Waals surface area contributed by atoms with Gasteiger partial charge >= 0.3 is 7.12 Å². The van der Waals surface area contributed by atoms with E-state index in [0.717, 1.165) is 24.6 Å². The van der Waals surface area contributed by atoms with Gasteiger partial charge in [0.2, 0.25) is 0 Å². The molecule has 0 spiro atoms. The minimum Gasteiger partial charge on any atom is -0.490 e. The number of ether oxygens (including phenoxy) is 1. The third-order valence-electron chi connectivity index (χ3n) is 4.50. The minimum atomic E-state index is -0.455. The molecule has 2 aliphatic rings. The molecule has 21 heavy (non-hydrogen) atoms. The fourth-order valence-electron chi connectivity index (χ4n) is 2.26. The van der Waals surface area contributed by atoms with Crippen LogP contribution in [0.4, 0.5) is 0 Å². The van der Waals surface area contributed by atoms with Gasteiger partial charge in [-0.3, -0.25) is 4.79 Å². The minimum absolute atomic E-state index is 0.270. The Labute approximate surface area is 125 Å². The molecule has 0 bridgehead atoms. The lowest BCUT2D eigenvalue weighted by atomic mass is 9.78. The predicted molar refractivity (Wildman–Crippen MR) is 81.2 cm³/mol. The van der Waals surface area contributed by atoms with Gasteiger partial charge < -0.3 is 14.0 Å². The van der Waals surface area contributed by atoms with E-state index in [4.69, 9.17) is 14.0 Å². The van der Waals surface area contributed by atoms with Crippen LogP contribution in [-0.4, -0.2) is 30.7 Å². The third-order valence-corrected chi connectivity index (χ3v) is 4.50. The molecule has 1 aromatic carbocycles. The molecule has 0 amide bonds. The van der Waals surface area contributed by atoms with Crippen molar-refractivity contribution in [3.05, 3.63) is 23.8 Å². The lowest BCUT2D eigenvalue weighted by Gasteiger charge is -2.32. The predicted octanol–water partition coefficient (Wildman–Crippen LogP) is 2.34. The molecule has 1 heterocycles. The SMILES string of the molecule is CC1(C)OB(c2ccc(OC3CC3)c(C=O)c2)OC1(C)C. The number of hydrogen-bond donors (Lipinski definition) is 0. The maximum absolute atomic E-state index is 11.3. The van der Waals surface area contributed by atoms with Crippen LogP contribution in [0.15, 0.2) is 18.2 Å². The van der Waals surface area contributed by atoms with Gasteiger partial charge in [-0.2, -0.15) is 0 Å². The number of hydrogen-bond acceptors (Lipinski definition) is 4. The lowest BCUT2D eigenvalue weighted by molar-refractivity contribution is 0.00578. The Kier molecular flexibility index (Phi) is 3.37. The van der Waals surface area contributed by atoms with Crippen LogP contribution in [0.25, 0.3) is 0 Å². The van der Waals surface area contributed by atoms with E-state index in [9.17, 15) is 4.79 Å². The van der Waals surface area contributed by atoms with E-state index in [1.54, 1.807) is 6.07 Å². The smallest absolute Gasteiger partial charge is 0.490 e. The quantitative estimate of drug-likeness (QED) is 0.630. The normalized spacial score (nSPS) is 23.1. The molecule has 1 aliphatic heterocycles. The van der Waals surface area contributed by atoms with Crippen LogP contribution in [0.3, 0.4) is 0 Å². The summed E-state index contributed by atoms with van der Waals surface area (Å²) < 4.78 is 17.7. The Balaban J connectivity index is 1.84. The highest BCUT2D eigenvalue weighted by Gasteiger charge is 2.51. The van der Waals surface area contributed by atoms with Crippen molar-refractivity contribution in [1.29, 1.82) is 0 Å². The summed E-state index contributed by atoms with van der Waals surface area (Å²) in [5.41, 5.74) is 0.623. The lowest BCUT2D eigenvalue weighted by Crippen LogP contribution is -2.41.